The zero-order valence-electron chi connectivity index (χ0n) is 8.71. The van der Waals surface area contributed by atoms with Crippen molar-refractivity contribution in [2.24, 2.45) is 0 Å². The molecule has 4 nitrogen and oxygen atoms in total. The summed E-state index contributed by atoms with van der Waals surface area (Å²) in [6.07, 6.45) is 4.75. The molecule has 0 aliphatic heterocycles. The molecule has 0 saturated heterocycles. The fraction of sp³-hybridized carbons (Fsp3) is 0.556. The van der Waals surface area contributed by atoms with Crippen LogP contribution >= 0.6 is 27.7 Å². The standard InChI is InChI=1S/C9H14BrN3OS/c1-6(15-2)3-4-11-7-5-12-13-9(14)8(7)10/h5-6H,3-4H2,1-2H3,(H2,11,13,14). The molecule has 0 fully saturated rings. The highest BCUT2D eigenvalue weighted by Crippen LogP contribution is 2.16. The Bertz CT molecular complexity index is 369. The van der Waals surface area contributed by atoms with Crippen LogP contribution in [0, 0.1) is 0 Å². The summed E-state index contributed by atoms with van der Waals surface area (Å²) in [4.78, 5) is 11.2. The van der Waals surface area contributed by atoms with Crippen LogP contribution in [0.4, 0.5) is 5.69 Å². The number of halogens is 1. The van der Waals surface area contributed by atoms with Gasteiger partial charge in [0.15, 0.2) is 0 Å². The number of nitrogens with one attached hydrogen (secondary N) is 2. The van der Waals surface area contributed by atoms with Gasteiger partial charge in [-0.1, -0.05) is 6.92 Å². The Hall–Kier alpha value is -0.490. The van der Waals surface area contributed by atoms with Gasteiger partial charge in [0.1, 0.15) is 4.47 Å². The van der Waals surface area contributed by atoms with E-state index in [2.05, 4.69) is 44.6 Å². The number of anilines is 1. The molecule has 0 aliphatic carbocycles. The molecule has 6 heteroatoms. The minimum Gasteiger partial charge on any atom is -0.383 e. The summed E-state index contributed by atoms with van der Waals surface area (Å²) in [5.74, 6) is 0. The van der Waals surface area contributed by atoms with Gasteiger partial charge in [-0.05, 0) is 28.6 Å². The molecule has 1 aromatic heterocycles. The predicted molar refractivity (Wildman–Crippen MR) is 68.6 cm³/mol. The SMILES string of the molecule is CSC(C)CCNc1cn[nH]c(=O)c1Br. The molecule has 2 N–H and O–H groups in total. The normalized spacial score (nSPS) is 12.5. The number of thioether (sulfide) groups is 1. The third-order valence-electron chi connectivity index (χ3n) is 2.06. The number of nitrogens with zero attached hydrogens (tertiary/aromatic N) is 1. The lowest BCUT2D eigenvalue weighted by Crippen LogP contribution is -2.14. The van der Waals surface area contributed by atoms with E-state index in [1.807, 2.05) is 11.8 Å². The first-order valence-electron chi connectivity index (χ1n) is 4.65. The number of aromatic nitrogens is 2. The van der Waals surface area contributed by atoms with E-state index < -0.39 is 0 Å². The summed E-state index contributed by atoms with van der Waals surface area (Å²) in [6.45, 7) is 3.02. The number of H-pyrrole nitrogens is 1. The van der Waals surface area contributed by atoms with Crippen molar-refractivity contribution < 1.29 is 0 Å². The Labute approximate surface area is 101 Å². The molecule has 84 valence electrons. The van der Waals surface area contributed by atoms with E-state index >= 15 is 0 Å². The van der Waals surface area contributed by atoms with Gasteiger partial charge in [0.2, 0.25) is 0 Å². The highest BCUT2D eigenvalue weighted by molar-refractivity contribution is 9.10. The quantitative estimate of drug-likeness (QED) is 0.872. The lowest BCUT2D eigenvalue weighted by atomic mass is 10.3. The van der Waals surface area contributed by atoms with Gasteiger partial charge < -0.3 is 5.32 Å². The number of aromatic amines is 1. The van der Waals surface area contributed by atoms with Gasteiger partial charge in [-0.25, -0.2) is 5.10 Å². The second-order valence-corrected chi connectivity index (χ2v) is 5.26. The van der Waals surface area contributed by atoms with Crippen molar-refractivity contribution in [1.29, 1.82) is 0 Å². The van der Waals surface area contributed by atoms with Crippen molar-refractivity contribution in [2.75, 3.05) is 18.1 Å². The molecule has 1 atom stereocenters. The van der Waals surface area contributed by atoms with Crippen LogP contribution in [0.5, 0.6) is 0 Å². The molecule has 0 saturated carbocycles. The van der Waals surface area contributed by atoms with Gasteiger partial charge in [-0.3, -0.25) is 4.79 Å². The van der Waals surface area contributed by atoms with E-state index in [0.717, 1.165) is 18.7 Å². The molecular formula is C9H14BrN3OS. The van der Waals surface area contributed by atoms with Crippen LogP contribution in [0.1, 0.15) is 13.3 Å². The predicted octanol–water partition coefficient (Wildman–Crippen LogP) is 2.09. The summed E-state index contributed by atoms with van der Waals surface area (Å²) in [5.41, 5.74) is 0.532. The minimum atomic E-state index is -0.210. The summed E-state index contributed by atoms with van der Waals surface area (Å²) in [7, 11) is 0. The molecule has 1 unspecified atom stereocenters. The van der Waals surface area contributed by atoms with Crippen LogP contribution in [-0.4, -0.2) is 28.2 Å². The summed E-state index contributed by atoms with van der Waals surface area (Å²) in [6, 6.07) is 0. The lowest BCUT2D eigenvalue weighted by molar-refractivity contribution is 0.849. The second kappa shape index (κ2) is 6.17. The van der Waals surface area contributed by atoms with Crippen LogP contribution in [0.25, 0.3) is 0 Å². The molecule has 0 aromatic carbocycles. The molecule has 1 rings (SSSR count). The van der Waals surface area contributed by atoms with E-state index in [-0.39, 0.29) is 5.56 Å². The second-order valence-electron chi connectivity index (χ2n) is 3.19. The van der Waals surface area contributed by atoms with E-state index in [0.29, 0.717) is 9.72 Å². The largest absolute Gasteiger partial charge is 0.383 e. The topological polar surface area (TPSA) is 57.8 Å². The Balaban J connectivity index is 2.51. The first-order chi connectivity index (χ1) is 7.15. The fourth-order valence-corrected chi connectivity index (χ4v) is 1.72. The van der Waals surface area contributed by atoms with Crippen molar-refractivity contribution in [3.05, 3.63) is 21.0 Å². The van der Waals surface area contributed by atoms with Crippen molar-refractivity contribution in [2.45, 2.75) is 18.6 Å². The van der Waals surface area contributed by atoms with E-state index in [1.54, 1.807) is 6.20 Å². The van der Waals surface area contributed by atoms with Gasteiger partial charge in [-0.15, -0.1) is 0 Å². The highest BCUT2D eigenvalue weighted by atomic mass is 79.9. The molecular weight excluding hydrogens is 278 g/mol. The third-order valence-corrected chi connectivity index (χ3v) is 3.89. The van der Waals surface area contributed by atoms with Gasteiger partial charge in [0.05, 0.1) is 11.9 Å². The molecule has 0 amide bonds. The minimum absolute atomic E-state index is 0.210. The Morgan fingerprint density at radius 2 is 2.47 bits per heavy atom. The Kier molecular flexibility index (Phi) is 5.17. The molecule has 0 bridgehead atoms. The number of hydrogen-bond acceptors (Lipinski definition) is 4. The van der Waals surface area contributed by atoms with Crippen LogP contribution in [0.15, 0.2) is 15.5 Å². The monoisotopic (exact) mass is 291 g/mol. The summed E-state index contributed by atoms with van der Waals surface area (Å²) < 4.78 is 0.509. The number of rotatable bonds is 5. The van der Waals surface area contributed by atoms with E-state index in [9.17, 15) is 4.79 Å². The highest BCUT2D eigenvalue weighted by Gasteiger charge is 2.04. The van der Waals surface area contributed by atoms with Crippen molar-refractivity contribution in [1.82, 2.24) is 10.2 Å². The van der Waals surface area contributed by atoms with Crippen LogP contribution in [0.3, 0.4) is 0 Å². The molecule has 0 radical (unpaired) electrons. The van der Waals surface area contributed by atoms with Crippen LogP contribution in [-0.2, 0) is 0 Å². The van der Waals surface area contributed by atoms with E-state index in [1.165, 1.54) is 0 Å². The third kappa shape index (κ3) is 3.87. The zero-order chi connectivity index (χ0) is 11.3. The van der Waals surface area contributed by atoms with Gasteiger partial charge in [0.25, 0.3) is 5.56 Å². The van der Waals surface area contributed by atoms with Gasteiger partial charge >= 0.3 is 0 Å². The molecule has 1 aromatic rings. The fourth-order valence-electron chi connectivity index (χ4n) is 1.03. The first kappa shape index (κ1) is 12.6. The molecule has 0 aliphatic rings. The Morgan fingerprint density at radius 3 is 3.13 bits per heavy atom. The van der Waals surface area contributed by atoms with E-state index in [4.69, 9.17) is 0 Å². The molecule has 15 heavy (non-hydrogen) atoms. The zero-order valence-corrected chi connectivity index (χ0v) is 11.1. The first-order valence-corrected chi connectivity index (χ1v) is 6.73. The summed E-state index contributed by atoms with van der Waals surface area (Å²) in [5, 5.41) is 9.87. The lowest BCUT2D eigenvalue weighted by Gasteiger charge is -2.10. The average molecular weight is 292 g/mol. The van der Waals surface area contributed by atoms with Crippen molar-refractivity contribution in [3.63, 3.8) is 0 Å². The van der Waals surface area contributed by atoms with Crippen LogP contribution in [0.2, 0.25) is 0 Å². The maximum absolute atomic E-state index is 11.2. The maximum Gasteiger partial charge on any atom is 0.280 e. The van der Waals surface area contributed by atoms with Crippen LogP contribution < -0.4 is 10.9 Å². The smallest absolute Gasteiger partial charge is 0.280 e. The molecule has 1 heterocycles. The average Bonchev–Trinajstić information content (AvgIpc) is 2.24. The Morgan fingerprint density at radius 1 is 1.73 bits per heavy atom. The maximum atomic E-state index is 11.2. The summed E-state index contributed by atoms with van der Waals surface area (Å²) >= 11 is 5.05. The van der Waals surface area contributed by atoms with Gasteiger partial charge in [-0.2, -0.15) is 16.9 Å². The van der Waals surface area contributed by atoms with Crippen molar-refractivity contribution >= 4 is 33.4 Å². The van der Waals surface area contributed by atoms with Gasteiger partial charge in [0, 0.05) is 11.8 Å². The molecule has 0 spiro atoms. The van der Waals surface area contributed by atoms with Crippen molar-refractivity contribution in [3.8, 4) is 0 Å². The number of hydrogen-bond donors (Lipinski definition) is 2.